The predicted octanol–water partition coefficient (Wildman–Crippen LogP) is 3.33. The van der Waals surface area contributed by atoms with Crippen LogP contribution in [-0.2, 0) is 4.79 Å². The zero-order chi connectivity index (χ0) is 16.4. The van der Waals surface area contributed by atoms with Crippen LogP contribution >= 0.6 is 11.6 Å². The van der Waals surface area contributed by atoms with E-state index in [0.29, 0.717) is 0 Å². The van der Waals surface area contributed by atoms with Crippen molar-refractivity contribution < 1.29 is 23.5 Å². The Labute approximate surface area is 126 Å². The van der Waals surface area contributed by atoms with E-state index in [1.807, 2.05) is 0 Å². The minimum atomic E-state index is -1.08. The third-order valence-electron chi connectivity index (χ3n) is 2.84. The second-order valence-electron chi connectivity index (χ2n) is 5.52. The second-order valence-corrected chi connectivity index (χ2v) is 5.92. The predicted molar refractivity (Wildman–Crippen MR) is 74.4 cm³/mol. The van der Waals surface area contributed by atoms with Crippen LogP contribution in [-0.4, -0.2) is 34.0 Å². The van der Waals surface area contributed by atoms with E-state index in [1.165, 1.54) is 4.90 Å². The topological polar surface area (TPSA) is 57.6 Å². The van der Waals surface area contributed by atoms with Crippen LogP contribution in [0.2, 0.25) is 5.02 Å². The van der Waals surface area contributed by atoms with Gasteiger partial charge in [-0.05, 0) is 32.9 Å². The highest BCUT2D eigenvalue weighted by atomic mass is 35.5. The Bertz CT molecular complexity index is 570. The molecule has 0 aliphatic heterocycles. The molecule has 21 heavy (non-hydrogen) atoms. The van der Waals surface area contributed by atoms with E-state index in [4.69, 9.17) is 16.7 Å². The number of hydrogen-bond acceptors (Lipinski definition) is 2. The molecule has 0 heterocycles. The van der Waals surface area contributed by atoms with Gasteiger partial charge in [0.15, 0.2) is 0 Å². The lowest BCUT2D eigenvalue weighted by Gasteiger charge is -2.35. The number of halogens is 3. The summed E-state index contributed by atoms with van der Waals surface area (Å²) in [5.41, 5.74) is -1.22. The average molecular weight is 320 g/mol. The van der Waals surface area contributed by atoms with Crippen LogP contribution in [0.1, 0.15) is 37.6 Å². The number of carbonyl (C=O) groups excluding carboxylic acids is 1. The first kappa shape index (κ1) is 17.4. The Morgan fingerprint density at radius 2 is 1.81 bits per heavy atom. The molecule has 116 valence electrons. The van der Waals surface area contributed by atoms with E-state index in [2.05, 4.69) is 0 Å². The molecule has 0 spiro atoms. The molecule has 0 bridgehead atoms. The molecule has 0 aliphatic rings. The van der Waals surface area contributed by atoms with Gasteiger partial charge in [0, 0.05) is 12.1 Å². The minimum Gasteiger partial charge on any atom is -0.481 e. The molecule has 1 aromatic rings. The Morgan fingerprint density at radius 1 is 1.24 bits per heavy atom. The van der Waals surface area contributed by atoms with E-state index in [-0.39, 0.29) is 13.0 Å². The molecule has 0 unspecified atom stereocenters. The molecule has 0 radical (unpaired) electrons. The lowest BCUT2D eigenvalue weighted by Crippen LogP contribution is -2.47. The summed E-state index contributed by atoms with van der Waals surface area (Å²) < 4.78 is 27.2. The van der Waals surface area contributed by atoms with Gasteiger partial charge in [0.05, 0.1) is 17.0 Å². The number of nitrogens with zero attached hydrogens (tertiary/aromatic N) is 1. The van der Waals surface area contributed by atoms with Gasteiger partial charge in [-0.15, -0.1) is 0 Å². The lowest BCUT2D eigenvalue weighted by atomic mass is 10.0. The van der Waals surface area contributed by atoms with Gasteiger partial charge in [0.1, 0.15) is 11.6 Å². The molecule has 1 amide bonds. The summed E-state index contributed by atoms with van der Waals surface area (Å²) in [5, 5.41) is 8.31. The number of amides is 1. The van der Waals surface area contributed by atoms with Gasteiger partial charge >= 0.3 is 5.97 Å². The Hall–Kier alpha value is -1.69. The van der Waals surface area contributed by atoms with E-state index in [9.17, 15) is 18.4 Å². The summed E-state index contributed by atoms with van der Waals surface area (Å²) in [4.78, 5) is 24.2. The highest BCUT2D eigenvalue weighted by Gasteiger charge is 2.30. The molecule has 0 atom stereocenters. The molecule has 0 aromatic heterocycles. The summed E-state index contributed by atoms with van der Waals surface area (Å²) in [6.45, 7) is 4.92. The largest absolute Gasteiger partial charge is 0.481 e. The first-order chi connectivity index (χ1) is 9.54. The van der Waals surface area contributed by atoms with Crippen molar-refractivity contribution in [2.45, 2.75) is 32.7 Å². The Morgan fingerprint density at radius 3 is 2.29 bits per heavy atom. The Kier molecular flexibility index (Phi) is 5.28. The van der Waals surface area contributed by atoms with Crippen molar-refractivity contribution in [3.05, 3.63) is 34.4 Å². The molecule has 1 aromatic carbocycles. The van der Waals surface area contributed by atoms with Crippen molar-refractivity contribution in [1.29, 1.82) is 0 Å². The quantitative estimate of drug-likeness (QED) is 0.866. The average Bonchev–Trinajstić information content (AvgIpc) is 2.31. The van der Waals surface area contributed by atoms with Crippen LogP contribution in [0.4, 0.5) is 8.78 Å². The van der Waals surface area contributed by atoms with E-state index in [1.54, 1.807) is 20.8 Å². The van der Waals surface area contributed by atoms with E-state index in [0.717, 1.165) is 12.1 Å². The number of aliphatic carboxylic acids is 1. The first-order valence-corrected chi connectivity index (χ1v) is 6.60. The summed E-state index contributed by atoms with van der Waals surface area (Å²) in [7, 11) is 0. The maximum atomic E-state index is 13.8. The maximum absolute atomic E-state index is 13.8. The number of carboxylic acids is 1. The van der Waals surface area contributed by atoms with Crippen LogP contribution in [0.3, 0.4) is 0 Å². The van der Waals surface area contributed by atoms with Crippen molar-refractivity contribution in [2.75, 3.05) is 6.54 Å². The fraction of sp³-hybridized carbons (Fsp3) is 0.429. The SMILES string of the molecule is CC(C)(C)N(CCC(=O)O)C(=O)c1cc(F)c(Cl)cc1F. The van der Waals surface area contributed by atoms with E-state index >= 15 is 0 Å². The molecule has 0 saturated heterocycles. The number of rotatable bonds is 4. The fourth-order valence-electron chi connectivity index (χ4n) is 1.78. The first-order valence-electron chi connectivity index (χ1n) is 6.22. The molecule has 1 N–H and O–H groups in total. The number of benzene rings is 1. The summed E-state index contributed by atoms with van der Waals surface area (Å²) in [5.74, 6) is -3.72. The molecule has 0 fully saturated rings. The lowest BCUT2D eigenvalue weighted by molar-refractivity contribution is -0.137. The molecule has 1 rings (SSSR count). The molecular formula is C14H16ClF2NO3. The zero-order valence-electron chi connectivity index (χ0n) is 11.9. The molecule has 0 aliphatic carbocycles. The number of hydrogen-bond donors (Lipinski definition) is 1. The molecule has 7 heteroatoms. The van der Waals surface area contributed by atoms with Crippen molar-refractivity contribution in [3.63, 3.8) is 0 Å². The van der Waals surface area contributed by atoms with Gasteiger partial charge < -0.3 is 10.0 Å². The van der Waals surface area contributed by atoms with Gasteiger partial charge in [0.25, 0.3) is 5.91 Å². The van der Waals surface area contributed by atoms with Crippen LogP contribution in [0.25, 0.3) is 0 Å². The molecule has 0 saturated carbocycles. The van der Waals surface area contributed by atoms with Crippen molar-refractivity contribution in [3.8, 4) is 0 Å². The Balaban J connectivity index is 3.17. The number of carbonyl (C=O) groups is 2. The minimum absolute atomic E-state index is 0.110. The van der Waals surface area contributed by atoms with Crippen LogP contribution in [0.15, 0.2) is 12.1 Å². The zero-order valence-corrected chi connectivity index (χ0v) is 12.7. The monoisotopic (exact) mass is 319 g/mol. The third-order valence-corrected chi connectivity index (χ3v) is 3.13. The van der Waals surface area contributed by atoms with Crippen molar-refractivity contribution in [1.82, 2.24) is 4.90 Å². The second kappa shape index (κ2) is 6.39. The fourth-order valence-corrected chi connectivity index (χ4v) is 1.93. The normalized spacial score (nSPS) is 11.3. The van der Waals surface area contributed by atoms with Gasteiger partial charge in [-0.25, -0.2) is 8.78 Å². The van der Waals surface area contributed by atoms with Crippen LogP contribution < -0.4 is 0 Å². The summed E-state index contributed by atoms with van der Waals surface area (Å²) in [6.07, 6.45) is -0.291. The smallest absolute Gasteiger partial charge is 0.305 e. The standard InChI is InChI=1S/C14H16ClF2NO3/c1-14(2,3)18(5-4-12(19)20)13(21)8-6-11(17)9(15)7-10(8)16/h6-7H,4-5H2,1-3H3,(H,19,20). The number of carboxylic acid groups (broad SMARTS) is 1. The maximum Gasteiger partial charge on any atom is 0.305 e. The molecule has 4 nitrogen and oxygen atoms in total. The van der Waals surface area contributed by atoms with Crippen molar-refractivity contribution in [2.24, 2.45) is 0 Å². The highest BCUT2D eigenvalue weighted by Crippen LogP contribution is 2.23. The van der Waals surface area contributed by atoms with E-state index < -0.39 is 39.6 Å². The van der Waals surface area contributed by atoms with Gasteiger partial charge in [-0.3, -0.25) is 9.59 Å². The molecular weight excluding hydrogens is 304 g/mol. The van der Waals surface area contributed by atoms with Crippen LogP contribution in [0, 0.1) is 11.6 Å². The van der Waals surface area contributed by atoms with Gasteiger partial charge in [-0.1, -0.05) is 11.6 Å². The third kappa shape index (κ3) is 4.39. The van der Waals surface area contributed by atoms with Gasteiger partial charge in [-0.2, -0.15) is 0 Å². The van der Waals surface area contributed by atoms with Crippen LogP contribution in [0.5, 0.6) is 0 Å². The van der Waals surface area contributed by atoms with Gasteiger partial charge in [0.2, 0.25) is 0 Å². The highest BCUT2D eigenvalue weighted by molar-refractivity contribution is 6.30. The summed E-state index contributed by atoms with van der Waals surface area (Å²) >= 11 is 5.45. The summed E-state index contributed by atoms with van der Waals surface area (Å²) in [6, 6.07) is 1.45. The van der Waals surface area contributed by atoms with Crippen molar-refractivity contribution >= 4 is 23.5 Å².